The first-order valence-electron chi connectivity index (χ1n) is 7.78. The van der Waals surface area contributed by atoms with Crippen LogP contribution in [0.3, 0.4) is 0 Å². The van der Waals surface area contributed by atoms with Crippen molar-refractivity contribution in [1.29, 1.82) is 0 Å². The lowest BCUT2D eigenvalue weighted by molar-refractivity contribution is -0.122. The van der Waals surface area contributed by atoms with E-state index >= 15 is 0 Å². The summed E-state index contributed by atoms with van der Waals surface area (Å²) >= 11 is 0. The van der Waals surface area contributed by atoms with Crippen LogP contribution in [0.4, 0.5) is 11.5 Å². The maximum absolute atomic E-state index is 11.9. The van der Waals surface area contributed by atoms with Gasteiger partial charge in [-0.1, -0.05) is 36.4 Å². The molecule has 4 N–H and O–H groups in total. The Bertz CT molecular complexity index is 859. The van der Waals surface area contributed by atoms with Crippen LogP contribution in [0.1, 0.15) is 0 Å². The van der Waals surface area contributed by atoms with Crippen molar-refractivity contribution in [1.82, 2.24) is 15.4 Å². The van der Waals surface area contributed by atoms with Crippen LogP contribution >= 0.6 is 0 Å². The van der Waals surface area contributed by atoms with E-state index in [1.165, 1.54) is 6.33 Å². The average molecular weight is 351 g/mol. The number of rotatable bonds is 7. The first kappa shape index (κ1) is 17.0. The number of nitrogens with one attached hydrogen (secondary N) is 2. The van der Waals surface area contributed by atoms with E-state index in [9.17, 15) is 4.79 Å². The number of carbonyl (C=O) groups is 1. The van der Waals surface area contributed by atoms with E-state index in [0.717, 1.165) is 0 Å². The molecule has 0 aliphatic heterocycles. The van der Waals surface area contributed by atoms with Crippen molar-refractivity contribution < 1.29 is 14.3 Å². The third-order valence-electron chi connectivity index (χ3n) is 3.24. The molecular formula is C18H17N5O3. The fraction of sp³-hybridized carbons (Fsp3) is 0.0556. The Morgan fingerprint density at radius 3 is 2.31 bits per heavy atom. The van der Waals surface area contributed by atoms with Gasteiger partial charge in [0.2, 0.25) is 5.88 Å². The van der Waals surface area contributed by atoms with Crippen molar-refractivity contribution in [3.63, 3.8) is 0 Å². The van der Waals surface area contributed by atoms with Crippen LogP contribution < -0.4 is 26.1 Å². The number of nitrogen functional groups attached to an aromatic ring is 1. The Kier molecular flexibility index (Phi) is 5.46. The molecule has 1 aromatic heterocycles. The second kappa shape index (κ2) is 8.34. The monoisotopic (exact) mass is 351 g/mol. The van der Waals surface area contributed by atoms with Gasteiger partial charge in [-0.2, -0.15) is 4.98 Å². The van der Waals surface area contributed by atoms with Gasteiger partial charge < -0.3 is 15.2 Å². The van der Waals surface area contributed by atoms with Gasteiger partial charge in [0, 0.05) is 0 Å². The molecule has 1 amide bonds. The molecule has 0 unspecified atom stereocenters. The van der Waals surface area contributed by atoms with Gasteiger partial charge in [-0.25, -0.2) is 4.98 Å². The first-order valence-corrected chi connectivity index (χ1v) is 7.78. The number of benzene rings is 2. The van der Waals surface area contributed by atoms with Gasteiger partial charge in [-0.05, 0) is 24.3 Å². The molecule has 0 radical (unpaired) electrons. The number of anilines is 2. The molecule has 132 valence electrons. The predicted octanol–water partition coefficient (Wildman–Crippen LogP) is 2.37. The Balaban J connectivity index is 1.56. The third-order valence-corrected chi connectivity index (χ3v) is 3.24. The van der Waals surface area contributed by atoms with Gasteiger partial charge >= 0.3 is 0 Å². The van der Waals surface area contributed by atoms with Gasteiger partial charge in [0.1, 0.15) is 23.5 Å². The maximum Gasteiger partial charge on any atom is 0.276 e. The molecule has 3 rings (SSSR count). The molecule has 0 fully saturated rings. The SMILES string of the molecule is Nc1c(NNC(=O)COc2ccccc2)ncnc1Oc1ccccc1. The Labute approximate surface area is 150 Å². The fourth-order valence-electron chi connectivity index (χ4n) is 1.99. The van der Waals surface area contributed by atoms with Crippen LogP contribution in [0, 0.1) is 0 Å². The number of amides is 1. The van der Waals surface area contributed by atoms with E-state index in [-0.39, 0.29) is 24.0 Å². The van der Waals surface area contributed by atoms with Crippen LogP contribution in [0.5, 0.6) is 17.4 Å². The van der Waals surface area contributed by atoms with Crippen molar-refractivity contribution in [2.45, 2.75) is 0 Å². The van der Waals surface area contributed by atoms with E-state index in [2.05, 4.69) is 20.8 Å². The highest BCUT2D eigenvalue weighted by molar-refractivity contribution is 5.80. The van der Waals surface area contributed by atoms with Gasteiger partial charge in [-0.15, -0.1) is 0 Å². The summed E-state index contributed by atoms with van der Waals surface area (Å²) in [6.45, 7) is -0.157. The molecular weight excluding hydrogens is 334 g/mol. The predicted molar refractivity (Wildman–Crippen MR) is 96.7 cm³/mol. The number of aromatic nitrogens is 2. The van der Waals surface area contributed by atoms with E-state index in [1.54, 1.807) is 24.3 Å². The van der Waals surface area contributed by atoms with E-state index in [0.29, 0.717) is 11.5 Å². The zero-order valence-corrected chi connectivity index (χ0v) is 13.8. The number of carbonyl (C=O) groups excluding carboxylic acids is 1. The highest BCUT2D eigenvalue weighted by Gasteiger charge is 2.11. The molecule has 0 aliphatic carbocycles. The number of ether oxygens (including phenoxy) is 2. The third kappa shape index (κ3) is 4.60. The summed E-state index contributed by atoms with van der Waals surface area (Å²) in [5, 5.41) is 0. The molecule has 3 aromatic rings. The van der Waals surface area contributed by atoms with Crippen molar-refractivity contribution in [3.05, 3.63) is 67.0 Å². The van der Waals surface area contributed by atoms with Crippen molar-refractivity contribution >= 4 is 17.4 Å². The average Bonchev–Trinajstić information content (AvgIpc) is 2.69. The number of hydrogen-bond acceptors (Lipinski definition) is 7. The minimum Gasteiger partial charge on any atom is -0.484 e. The molecule has 0 spiro atoms. The summed E-state index contributed by atoms with van der Waals surface area (Å²) in [5.41, 5.74) is 11.3. The maximum atomic E-state index is 11.9. The summed E-state index contributed by atoms with van der Waals surface area (Å²) in [6, 6.07) is 18.1. The Morgan fingerprint density at radius 2 is 1.62 bits per heavy atom. The molecule has 0 bridgehead atoms. The Hall–Kier alpha value is -3.81. The number of hydrazine groups is 1. The Morgan fingerprint density at radius 1 is 0.962 bits per heavy atom. The lowest BCUT2D eigenvalue weighted by Gasteiger charge is -2.12. The lowest BCUT2D eigenvalue weighted by atomic mass is 10.3. The second-order valence-corrected chi connectivity index (χ2v) is 5.13. The molecule has 26 heavy (non-hydrogen) atoms. The summed E-state index contributed by atoms with van der Waals surface area (Å²) < 4.78 is 11.0. The molecule has 8 nitrogen and oxygen atoms in total. The van der Waals surface area contributed by atoms with Crippen LogP contribution in [-0.2, 0) is 4.79 Å². The normalized spacial score (nSPS) is 10.0. The van der Waals surface area contributed by atoms with Crippen LogP contribution in [-0.4, -0.2) is 22.5 Å². The minimum atomic E-state index is -0.391. The quantitative estimate of drug-likeness (QED) is 0.560. The molecule has 8 heteroatoms. The zero-order valence-electron chi connectivity index (χ0n) is 13.8. The lowest BCUT2D eigenvalue weighted by Crippen LogP contribution is -2.34. The number of para-hydroxylation sites is 2. The minimum absolute atomic E-state index is 0.157. The summed E-state index contributed by atoms with van der Waals surface area (Å²) in [5.74, 6) is 1.20. The van der Waals surface area contributed by atoms with Crippen LogP contribution in [0.25, 0.3) is 0 Å². The van der Waals surface area contributed by atoms with Gasteiger partial charge in [0.05, 0.1) is 0 Å². The standard InChI is InChI=1S/C18H17N5O3/c19-16-17(20-12-21-18(16)26-14-9-5-2-6-10-14)23-22-15(24)11-25-13-7-3-1-4-8-13/h1-10,12H,11,19H2,(H,22,24)(H,20,21,23). The molecule has 0 saturated carbocycles. The van der Waals surface area contributed by atoms with Crippen molar-refractivity contribution in [2.75, 3.05) is 17.8 Å². The first-order chi connectivity index (χ1) is 12.7. The smallest absolute Gasteiger partial charge is 0.276 e. The highest BCUT2D eigenvalue weighted by atomic mass is 16.5. The van der Waals surface area contributed by atoms with Crippen molar-refractivity contribution in [3.8, 4) is 17.4 Å². The number of nitrogens with two attached hydrogens (primary N) is 1. The van der Waals surface area contributed by atoms with Gasteiger partial charge in [0.15, 0.2) is 12.4 Å². The largest absolute Gasteiger partial charge is 0.484 e. The summed E-state index contributed by atoms with van der Waals surface area (Å²) in [4.78, 5) is 19.9. The highest BCUT2D eigenvalue weighted by Crippen LogP contribution is 2.28. The zero-order chi connectivity index (χ0) is 18.2. The fourth-order valence-corrected chi connectivity index (χ4v) is 1.99. The molecule has 0 saturated heterocycles. The molecule has 1 heterocycles. The van der Waals surface area contributed by atoms with Crippen LogP contribution in [0.2, 0.25) is 0 Å². The summed E-state index contributed by atoms with van der Waals surface area (Å²) in [7, 11) is 0. The molecule has 0 aliphatic rings. The topological polar surface area (TPSA) is 111 Å². The molecule has 2 aromatic carbocycles. The number of hydrogen-bond donors (Lipinski definition) is 3. The number of nitrogens with zero attached hydrogens (tertiary/aromatic N) is 2. The second-order valence-electron chi connectivity index (χ2n) is 5.13. The van der Waals surface area contributed by atoms with Crippen LogP contribution in [0.15, 0.2) is 67.0 Å². The summed E-state index contributed by atoms with van der Waals surface area (Å²) in [6.07, 6.45) is 1.28. The van der Waals surface area contributed by atoms with Crippen molar-refractivity contribution in [2.24, 2.45) is 0 Å². The van der Waals surface area contributed by atoms with E-state index in [1.807, 2.05) is 36.4 Å². The van der Waals surface area contributed by atoms with Gasteiger partial charge in [-0.3, -0.25) is 15.6 Å². The van der Waals surface area contributed by atoms with E-state index < -0.39 is 5.91 Å². The van der Waals surface area contributed by atoms with Gasteiger partial charge in [0.25, 0.3) is 5.91 Å². The molecule has 0 atom stereocenters. The van der Waals surface area contributed by atoms with E-state index in [4.69, 9.17) is 15.2 Å².